The summed E-state index contributed by atoms with van der Waals surface area (Å²) in [7, 11) is 0. The van der Waals surface area contributed by atoms with Gasteiger partial charge in [-0.1, -0.05) is 44.2 Å². The molecular weight excluding hydrogens is 216 g/mol. The van der Waals surface area contributed by atoms with Gasteiger partial charge in [0.25, 0.3) is 0 Å². The maximum atomic E-state index is 5.72. The van der Waals surface area contributed by atoms with Crippen LogP contribution in [-0.2, 0) is 5.41 Å². The molecule has 0 radical (unpaired) electrons. The van der Waals surface area contributed by atoms with Crippen molar-refractivity contribution in [3.8, 4) is 0 Å². The van der Waals surface area contributed by atoms with Gasteiger partial charge < -0.3 is 0 Å². The van der Waals surface area contributed by atoms with Crippen LogP contribution in [0.25, 0.3) is 5.57 Å². The van der Waals surface area contributed by atoms with E-state index in [1.54, 1.807) is 0 Å². The Labute approximate surface area is 103 Å². The van der Waals surface area contributed by atoms with Gasteiger partial charge in [0.1, 0.15) is 0 Å². The number of rotatable bonds is 4. The Bertz CT molecular complexity index is 402. The van der Waals surface area contributed by atoms with Crippen LogP contribution < -0.4 is 0 Å². The largest absolute Gasteiger partial charge is 0.127 e. The maximum Gasteiger partial charge on any atom is 0.0223 e. The Morgan fingerprint density at radius 1 is 1.12 bits per heavy atom. The number of fused-ring (bicyclic) bond motifs is 1. The molecule has 0 fully saturated rings. The van der Waals surface area contributed by atoms with Crippen LogP contribution in [0.4, 0.5) is 0 Å². The van der Waals surface area contributed by atoms with Crippen molar-refractivity contribution >= 4 is 17.2 Å². The molecule has 0 bridgehead atoms. The third-order valence-electron chi connectivity index (χ3n) is 3.33. The first kappa shape index (κ1) is 11.7. The fraction of sp³-hybridized carbons (Fsp3) is 0.467. The summed E-state index contributed by atoms with van der Waals surface area (Å²) in [5.41, 5.74) is 4.62. The molecule has 1 aliphatic rings. The van der Waals surface area contributed by atoms with Crippen LogP contribution in [0.2, 0.25) is 0 Å². The van der Waals surface area contributed by atoms with Gasteiger partial charge in [0.2, 0.25) is 0 Å². The van der Waals surface area contributed by atoms with Crippen molar-refractivity contribution < 1.29 is 0 Å². The highest BCUT2D eigenvalue weighted by Crippen LogP contribution is 2.41. The van der Waals surface area contributed by atoms with E-state index in [9.17, 15) is 0 Å². The SMILES string of the molecule is CC1(C)C=C(CCCCCl)c2ccccc21. The second kappa shape index (κ2) is 4.63. The maximum absolute atomic E-state index is 5.72. The predicted molar refractivity (Wildman–Crippen MR) is 72.0 cm³/mol. The Morgan fingerprint density at radius 2 is 1.88 bits per heavy atom. The van der Waals surface area contributed by atoms with Crippen LogP contribution in [0, 0.1) is 0 Å². The van der Waals surface area contributed by atoms with E-state index >= 15 is 0 Å². The van der Waals surface area contributed by atoms with Crippen LogP contribution in [0.3, 0.4) is 0 Å². The summed E-state index contributed by atoms with van der Waals surface area (Å²) in [4.78, 5) is 0. The molecule has 0 aromatic heterocycles. The molecule has 1 heteroatoms. The van der Waals surface area contributed by atoms with E-state index in [1.165, 1.54) is 23.1 Å². The molecule has 0 nitrogen and oxygen atoms in total. The van der Waals surface area contributed by atoms with Crippen LogP contribution >= 0.6 is 11.6 Å². The third kappa shape index (κ3) is 2.17. The van der Waals surface area contributed by atoms with E-state index in [2.05, 4.69) is 44.2 Å². The van der Waals surface area contributed by atoms with Crippen LogP contribution in [-0.4, -0.2) is 5.88 Å². The van der Waals surface area contributed by atoms with Crippen molar-refractivity contribution in [2.75, 3.05) is 5.88 Å². The van der Waals surface area contributed by atoms with Gasteiger partial charge in [-0.25, -0.2) is 0 Å². The quantitative estimate of drug-likeness (QED) is 0.520. The Morgan fingerprint density at radius 3 is 2.62 bits per heavy atom. The van der Waals surface area contributed by atoms with E-state index in [1.807, 2.05) is 0 Å². The van der Waals surface area contributed by atoms with Gasteiger partial charge in [-0.2, -0.15) is 0 Å². The molecule has 0 saturated carbocycles. The molecule has 2 rings (SSSR count). The number of hydrogen-bond donors (Lipinski definition) is 0. The number of hydrogen-bond acceptors (Lipinski definition) is 0. The molecular formula is C15H19Cl. The lowest BCUT2D eigenvalue weighted by molar-refractivity contribution is 0.682. The van der Waals surface area contributed by atoms with Crippen molar-refractivity contribution in [3.05, 3.63) is 41.5 Å². The summed E-state index contributed by atoms with van der Waals surface area (Å²) in [6.07, 6.45) is 5.89. The number of allylic oxidation sites excluding steroid dienone is 2. The van der Waals surface area contributed by atoms with Gasteiger partial charge in [0, 0.05) is 11.3 Å². The van der Waals surface area contributed by atoms with Crippen molar-refractivity contribution in [2.24, 2.45) is 0 Å². The number of benzene rings is 1. The molecule has 0 heterocycles. The molecule has 1 aliphatic carbocycles. The second-order valence-corrected chi connectivity index (χ2v) is 5.46. The first-order chi connectivity index (χ1) is 7.65. The normalized spacial score (nSPS) is 17.1. The molecule has 1 aromatic carbocycles. The van der Waals surface area contributed by atoms with Gasteiger partial charge in [-0.15, -0.1) is 11.6 Å². The first-order valence-electron chi connectivity index (χ1n) is 6.03. The summed E-state index contributed by atoms with van der Waals surface area (Å²) in [5, 5.41) is 0. The average molecular weight is 235 g/mol. The summed E-state index contributed by atoms with van der Waals surface area (Å²) in [6, 6.07) is 8.77. The zero-order valence-corrected chi connectivity index (χ0v) is 10.8. The van der Waals surface area contributed by atoms with Gasteiger partial charge in [-0.3, -0.25) is 0 Å². The second-order valence-electron chi connectivity index (χ2n) is 5.08. The number of alkyl halides is 1. The minimum Gasteiger partial charge on any atom is -0.127 e. The molecule has 86 valence electrons. The minimum atomic E-state index is 0.201. The molecule has 0 amide bonds. The lowest BCUT2D eigenvalue weighted by Gasteiger charge is -2.16. The van der Waals surface area contributed by atoms with Gasteiger partial charge in [-0.05, 0) is 36.0 Å². The summed E-state index contributed by atoms with van der Waals surface area (Å²) in [6.45, 7) is 4.58. The Hall–Kier alpha value is -0.750. The standard InChI is InChI=1S/C15H19Cl/c1-15(2)11-12(7-5-6-10-16)13-8-3-4-9-14(13)15/h3-4,8-9,11H,5-7,10H2,1-2H3. The van der Waals surface area contributed by atoms with Crippen LogP contribution in [0.1, 0.15) is 44.2 Å². The van der Waals surface area contributed by atoms with Crippen LogP contribution in [0.15, 0.2) is 30.3 Å². The van der Waals surface area contributed by atoms with Crippen LogP contribution in [0.5, 0.6) is 0 Å². The molecule has 0 saturated heterocycles. The summed E-state index contributed by atoms with van der Waals surface area (Å²) >= 11 is 5.72. The highest BCUT2D eigenvalue weighted by molar-refractivity contribution is 6.17. The van der Waals surface area contributed by atoms with Crippen molar-refractivity contribution in [2.45, 2.75) is 38.5 Å². The molecule has 0 spiro atoms. The lowest BCUT2D eigenvalue weighted by atomic mass is 9.87. The molecule has 0 aliphatic heterocycles. The fourth-order valence-corrected chi connectivity index (χ4v) is 2.72. The van der Waals surface area contributed by atoms with E-state index in [0.29, 0.717) is 0 Å². The molecule has 16 heavy (non-hydrogen) atoms. The number of halogens is 1. The smallest absolute Gasteiger partial charge is 0.0223 e. The predicted octanol–water partition coefficient (Wildman–Crippen LogP) is 4.77. The lowest BCUT2D eigenvalue weighted by Crippen LogP contribution is -2.10. The van der Waals surface area contributed by atoms with Crippen molar-refractivity contribution in [1.82, 2.24) is 0 Å². The average Bonchev–Trinajstić information content (AvgIpc) is 2.52. The zero-order chi connectivity index (χ0) is 11.6. The summed E-state index contributed by atoms with van der Waals surface area (Å²) < 4.78 is 0. The van der Waals surface area contributed by atoms with Crippen molar-refractivity contribution in [3.63, 3.8) is 0 Å². The first-order valence-corrected chi connectivity index (χ1v) is 6.56. The van der Waals surface area contributed by atoms with Crippen molar-refractivity contribution in [1.29, 1.82) is 0 Å². The van der Waals surface area contributed by atoms with E-state index in [-0.39, 0.29) is 5.41 Å². The molecule has 0 N–H and O–H groups in total. The monoisotopic (exact) mass is 234 g/mol. The topological polar surface area (TPSA) is 0 Å². The van der Waals surface area contributed by atoms with E-state index in [4.69, 9.17) is 11.6 Å². The minimum absolute atomic E-state index is 0.201. The molecule has 0 unspecified atom stereocenters. The Kier molecular flexibility index (Phi) is 3.39. The number of unbranched alkanes of at least 4 members (excludes halogenated alkanes) is 1. The van der Waals surface area contributed by atoms with E-state index < -0.39 is 0 Å². The highest BCUT2D eigenvalue weighted by Gasteiger charge is 2.28. The Balaban J connectivity index is 2.21. The molecule has 1 aromatic rings. The van der Waals surface area contributed by atoms with E-state index in [0.717, 1.165) is 18.7 Å². The highest BCUT2D eigenvalue weighted by atomic mass is 35.5. The van der Waals surface area contributed by atoms with Gasteiger partial charge in [0.05, 0.1) is 0 Å². The van der Waals surface area contributed by atoms with Gasteiger partial charge >= 0.3 is 0 Å². The third-order valence-corrected chi connectivity index (χ3v) is 3.60. The zero-order valence-electron chi connectivity index (χ0n) is 10.1. The summed E-state index contributed by atoms with van der Waals surface area (Å²) in [5.74, 6) is 0.776. The van der Waals surface area contributed by atoms with Gasteiger partial charge in [0.15, 0.2) is 0 Å². The molecule has 0 atom stereocenters. The fourth-order valence-electron chi connectivity index (χ4n) is 2.53.